The second-order valence-corrected chi connectivity index (χ2v) is 7.21. The lowest BCUT2D eigenvalue weighted by Gasteiger charge is -2.09. The molecule has 0 saturated carbocycles. The van der Waals surface area contributed by atoms with Gasteiger partial charge in [-0.3, -0.25) is 0 Å². The summed E-state index contributed by atoms with van der Waals surface area (Å²) in [6.45, 7) is 0. The first kappa shape index (κ1) is 17.5. The zero-order valence-corrected chi connectivity index (χ0v) is 15.2. The third-order valence-electron chi connectivity index (χ3n) is 4.30. The first-order chi connectivity index (χ1) is 13.2. The van der Waals surface area contributed by atoms with Crippen LogP contribution in [0.4, 0.5) is 8.78 Å². The molecule has 27 heavy (non-hydrogen) atoms. The number of rotatable bonds is 4. The van der Waals surface area contributed by atoms with Crippen LogP contribution in [-0.4, -0.2) is 0 Å². The standard InChI is InChI=1S/C24H16F2S/c25-21-15-19(17-7-3-1-4-8-17)11-13-23(21)27-24-14-12-20(16-22(24)26)18-9-5-2-6-10-18/h1-16H. The van der Waals surface area contributed by atoms with Crippen LogP contribution in [0.3, 0.4) is 0 Å². The Morgan fingerprint density at radius 1 is 0.444 bits per heavy atom. The number of hydrogen-bond acceptors (Lipinski definition) is 1. The summed E-state index contributed by atoms with van der Waals surface area (Å²) in [4.78, 5) is 0.807. The molecule has 3 heteroatoms. The predicted molar refractivity (Wildman–Crippen MR) is 108 cm³/mol. The Morgan fingerprint density at radius 2 is 0.852 bits per heavy atom. The quantitative estimate of drug-likeness (QED) is 0.357. The van der Waals surface area contributed by atoms with E-state index in [0.717, 1.165) is 34.0 Å². The third-order valence-corrected chi connectivity index (χ3v) is 5.40. The third kappa shape index (κ3) is 3.93. The first-order valence-corrected chi connectivity index (χ1v) is 9.40. The molecule has 0 aromatic heterocycles. The molecule has 0 fully saturated rings. The molecule has 4 aromatic rings. The van der Waals surface area contributed by atoms with Gasteiger partial charge in [-0.25, -0.2) is 8.78 Å². The lowest BCUT2D eigenvalue weighted by Crippen LogP contribution is -1.87. The van der Waals surface area contributed by atoms with E-state index in [1.807, 2.05) is 72.8 Å². The van der Waals surface area contributed by atoms with E-state index in [4.69, 9.17) is 0 Å². The summed E-state index contributed by atoms with van der Waals surface area (Å²) in [7, 11) is 0. The fourth-order valence-electron chi connectivity index (χ4n) is 2.91. The van der Waals surface area contributed by atoms with E-state index >= 15 is 0 Å². The van der Waals surface area contributed by atoms with Gasteiger partial charge < -0.3 is 0 Å². The molecule has 0 bridgehead atoms. The number of benzene rings is 4. The van der Waals surface area contributed by atoms with Gasteiger partial charge in [0.15, 0.2) is 0 Å². The highest BCUT2D eigenvalue weighted by atomic mass is 32.2. The summed E-state index contributed by atoms with van der Waals surface area (Å²) in [5, 5.41) is 0. The van der Waals surface area contributed by atoms with Crippen molar-refractivity contribution in [3.8, 4) is 22.3 Å². The second kappa shape index (κ2) is 7.77. The van der Waals surface area contributed by atoms with Crippen molar-refractivity contribution in [3.05, 3.63) is 109 Å². The van der Waals surface area contributed by atoms with Crippen LogP contribution < -0.4 is 0 Å². The molecule has 0 nitrogen and oxygen atoms in total. The lowest BCUT2D eigenvalue weighted by atomic mass is 10.1. The van der Waals surface area contributed by atoms with E-state index in [2.05, 4.69) is 0 Å². The van der Waals surface area contributed by atoms with Gasteiger partial charge in [0.25, 0.3) is 0 Å². The Kier molecular flexibility index (Phi) is 5.03. The van der Waals surface area contributed by atoms with E-state index in [0.29, 0.717) is 9.79 Å². The molecule has 0 heterocycles. The highest BCUT2D eigenvalue weighted by Crippen LogP contribution is 2.35. The van der Waals surface area contributed by atoms with Crippen molar-refractivity contribution >= 4 is 11.8 Å². The Labute approximate surface area is 161 Å². The Balaban J connectivity index is 1.59. The number of hydrogen-bond donors (Lipinski definition) is 0. The summed E-state index contributed by atoms with van der Waals surface area (Å²) in [5.74, 6) is -0.708. The van der Waals surface area contributed by atoms with Crippen LogP contribution in [0.1, 0.15) is 0 Å². The Hall–Kier alpha value is -2.91. The SMILES string of the molecule is Fc1cc(-c2ccccc2)ccc1Sc1ccc(-c2ccccc2)cc1F. The minimum Gasteiger partial charge on any atom is -0.206 e. The summed E-state index contributed by atoms with van der Waals surface area (Å²) >= 11 is 1.10. The molecule has 0 amide bonds. The summed E-state index contributed by atoms with van der Waals surface area (Å²) in [5.41, 5.74) is 3.51. The minimum absolute atomic E-state index is 0.354. The van der Waals surface area contributed by atoms with Crippen molar-refractivity contribution in [1.82, 2.24) is 0 Å². The van der Waals surface area contributed by atoms with E-state index < -0.39 is 0 Å². The van der Waals surface area contributed by atoms with Crippen LogP contribution in [0.5, 0.6) is 0 Å². The van der Waals surface area contributed by atoms with Gasteiger partial charge in [-0.15, -0.1) is 0 Å². The van der Waals surface area contributed by atoms with Crippen molar-refractivity contribution in [3.63, 3.8) is 0 Å². The molecule has 0 aliphatic carbocycles. The largest absolute Gasteiger partial charge is 0.206 e. The van der Waals surface area contributed by atoms with E-state index in [1.165, 1.54) is 12.1 Å². The molecule has 0 N–H and O–H groups in total. The lowest BCUT2D eigenvalue weighted by molar-refractivity contribution is 0.596. The van der Waals surface area contributed by atoms with Gasteiger partial charge in [-0.2, -0.15) is 0 Å². The van der Waals surface area contributed by atoms with Gasteiger partial charge in [0.1, 0.15) is 11.6 Å². The second-order valence-electron chi connectivity index (χ2n) is 6.12. The Bertz CT molecular complexity index is 973. The minimum atomic E-state index is -0.354. The molecule has 0 unspecified atom stereocenters. The van der Waals surface area contributed by atoms with Gasteiger partial charge in [-0.1, -0.05) is 84.6 Å². The smallest absolute Gasteiger partial charge is 0.137 e. The van der Waals surface area contributed by atoms with Gasteiger partial charge >= 0.3 is 0 Å². The maximum atomic E-state index is 14.6. The average molecular weight is 374 g/mol. The van der Waals surface area contributed by atoms with Crippen LogP contribution in [0.25, 0.3) is 22.3 Å². The van der Waals surface area contributed by atoms with Gasteiger partial charge in [0, 0.05) is 9.79 Å². The summed E-state index contributed by atoms with van der Waals surface area (Å²) in [6, 6.07) is 29.4. The molecular formula is C24H16F2S. The van der Waals surface area contributed by atoms with Gasteiger partial charge in [-0.05, 0) is 46.5 Å². The maximum Gasteiger partial charge on any atom is 0.137 e. The topological polar surface area (TPSA) is 0 Å². The monoisotopic (exact) mass is 374 g/mol. The van der Waals surface area contributed by atoms with E-state index in [1.54, 1.807) is 12.1 Å². The van der Waals surface area contributed by atoms with Crippen molar-refractivity contribution in [2.75, 3.05) is 0 Å². The molecule has 0 aliphatic heterocycles. The maximum absolute atomic E-state index is 14.6. The van der Waals surface area contributed by atoms with E-state index in [-0.39, 0.29) is 11.6 Å². The average Bonchev–Trinajstić information content (AvgIpc) is 2.72. The van der Waals surface area contributed by atoms with E-state index in [9.17, 15) is 8.78 Å². The highest BCUT2D eigenvalue weighted by molar-refractivity contribution is 7.99. The molecule has 132 valence electrons. The van der Waals surface area contributed by atoms with Crippen molar-refractivity contribution in [1.29, 1.82) is 0 Å². The van der Waals surface area contributed by atoms with Crippen molar-refractivity contribution in [2.45, 2.75) is 9.79 Å². The fourth-order valence-corrected chi connectivity index (χ4v) is 3.73. The molecule has 0 radical (unpaired) electrons. The normalized spacial score (nSPS) is 10.7. The Morgan fingerprint density at radius 3 is 1.22 bits per heavy atom. The van der Waals surface area contributed by atoms with Crippen molar-refractivity contribution < 1.29 is 8.78 Å². The zero-order valence-electron chi connectivity index (χ0n) is 14.4. The molecule has 0 spiro atoms. The van der Waals surface area contributed by atoms with Crippen LogP contribution in [0, 0.1) is 11.6 Å². The van der Waals surface area contributed by atoms with Gasteiger partial charge in [0.2, 0.25) is 0 Å². The molecular weight excluding hydrogens is 358 g/mol. The highest BCUT2D eigenvalue weighted by Gasteiger charge is 2.11. The molecule has 0 atom stereocenters. The zero-order chi connectivity index (χ0) is 18.6. The first-order valence-electron chi connectivity index (χ1n) is 8.58. The number of halogens is 2. The molecule has 0 saturated heterocycles. The van der Waals surface area contributed by atoms with Crippen LogP contribution in [-0.2, 0) is 0 Å². The fraction of sp³-hybridized carbons (Fsp3) is 0. The predicted octanol–water partition coefficient (Wildman–Crippen LogP) is 7.45. The molecule has 0 aliphatic rings. The summed E-state index contributed by atoms with van der Waals surface area (Å²) < 4.78 is 29.1. The van der Waals surface area contributed by atoms with Crippen LogP contribution in [0.15, 0.2) is 107 Å². The van der Waals surface area contributed by atoms with Crippen LogP contribution >= 0.6 is 11.8 Å². The molecule has 4 rings (SSSR count). The summed E-state index contributed by atoms with van der Waals surface area (Å²) in [6.07, 6.45) is 0. The molecule has 4 aromatic carbocycles. The van der Waals surface area contributed by atoms with Crippen molar-refractivity contribution in [2.24, 2.45) is 0 Å². The van der Waals surface area contributed by atoms with Gasteiger partial charge in [0.05, 0.1) is 0 Å². The van der Waals surface area contributed by atoms with Crippen LogP contribution in [0.2, 0.25) is 0 Å².